The highest BCUT2D eigenvalue weighted by Crippen LogP contribution is 2.41. The SMILES string of the molecule is Cc1csc(C(C)C(=O)N2CC3(CCN(C(=O)CCc4cc(C)[nH]n4)C3)C2)n1. The Labute approximate surface area is 169 Å². The summed E-state index contributed by atoms with van der Waals surface area (Å²) in [5.74, 6) is 0.153. The van der Waals surface area contributed by atoms with Crippen molar-refractivity contribution >= 4 is 23.2 Å². The second-order valence-corrected chi connectivity index (χ2v) is 9.24. The number of carbonyl (C=O) groups excluding carboxylic acids is 2. The highest BCUT2D eigenvalue weighted by Gasteiger charge is 2.50. The lowest BCUT2D eigenvalue weighted by atomic mass is 9.78. The Hall–Kier alpha value is -2.22. The minimum Gasteiger partial charge on any atom is -0.342 e. The molecule has 2 amide bonds. The molecule has 2 saturated heterocycles. The maximum Gasteiger partial charge on any atom is 0.232 e. The fourth-order valence-electron chi connectivity index (χ4n) is 4.27. The molecule has 2 aliphatic heterocycles. The zero-order chi connectivity index (χ0) is 19.9. The van der Waals surface area contributed by atoms with Crippen molar-refractivity contribution in [1.82, 2.24) is 25.0 Å². The van der Waals surface area contributed by atoms with Crippen molar-refractivity contribution in [2.75, 3.05) is 26.2 Å². The molecule has 28 heavy (non-hydrogen) atoms. The van der Waals surface area contributed by atoms with Crippen LogP contribution in [-0.2, 0) is 16.0 Å². The summed E-state index contributed by atoms with van der Waals surface area (Å²) in [6, 6.07) is 1.99. The Morgan fingerprint density at radius 1 is 1.29 bits per heavy atom. The maximum atomic E-state index is 12.8. The molecule has 0 aromatic carbocycles. The lowest BCUT2D eigenvalue weighted by Crippen LogP contribution is -2.60. The van der Waals surface area contributed by atoms with E-state index in [1.54, 1.807) is 11.3 Å². The van der Waals surface area contributed by atoms with Gasteiger partial charge in [-0.3, -0.25) is 14.7 Å². The highest BCUT2D eigenvalue weighted by molar-refractivity contribution is 7.09. The Morgan fingerprint density at radius 2 is 2.04 bits per heavy atom. The van der Waals surface area contributed by atoms with Crippen LogP contribution in [0.1, 0.15) is 47.8 Å². The van der Waals surface area contributed by atoms with Gasteiger partial charge >= 0.3 is 0 Å². The summed E-state index contributed by atoms with van der Waals surface area (Å²) < 4.78 is 0. The van der Waals surface area contributed by atoms with Crippen LogP contribution >= 0.6 is 11.3 Å². The molecule has 1 atom stereocenters. The summed E-state index contributed by atoms with van der Waals surface area (Å²) in [5, 5.41) is 9.99. The van der Waals surface area contributed by atoms with E-state index in [1.165, 1.54) is 0 Å². The average molecular weight is 402 g/mol. The first kappa shape index (κ1) is 19.1. The largest absolute Gasteiger partial charge is 0.342 e. The number of H-pyrrole nitrogens is 1. The van der Waals surface area contributed by atoms with Crippen LogP contribution in [0, 0.1) is 19.3 Å². The summed E-state index contributed by atoms with van der Waals surface area (Å²) >= 11 is 1.55. The number of amides is 2. The van der Waals surface area contributed by atoms with Crippen LogP contribution in [0.4, 0.5) is 0 Å². The summed E-state index contributed by atoms with van der Waals surface area (Å²) in [4.78, 5) is 33.7. The molecule has 1 spiro atoms. The number of thiazole rings is 1. The molecule has 1 unspecified atom stereocenters. The molecular formula is C20H27N5O2S. The minimum atomic E-state index is -0.188. The lowest BCUT2D eigenvalue weighted by Gasteiger charge is -2.48. The number of carbonyl (C=O) groups is 2. The van der Waals surface area contributed by atoms with E-state index < -0.39 is 0 Å². The summed E-state index contributed by atoms with van der Waals surface area (Å²) in [7, 11) is 0. The first-order chi connectivity index (χ1) is 13.3. The summed E-state index contributed by atoms with van der Waals surface area (Å²) in [6.07, 6.45) is 2.14. The predicted molar refractivity (Wildman–Crippen MR) is 107 cm³/mol. The Morgan fingerprint density at radius 3 is 2.68 bits per heavy atom. The number of hydrogen-bond donors (Lipinski definition) is 1. The molecule has 4 heterocycles. The molecular weight excluding hydrogens is 374 g/mol. The normalized spacial score (nSPS) is 19.1. The van der Waals surface area contributed by atoms with Gasteiger partial charge in [-0.05, 0) is 33.3 Å². The van der Waals surface area contributed by atoms with E-state index in [-0.39, 0.29) is 23.1 Å². The number of aromatic nitrogens is 3. The molecule has 4 rings (SSSR count). The second-order valence-electron chi connectivity index (χ2n) is 8.35. The van der Waals surface area contributed by atoms with Gasteiger partial charge in [0.1, 0.15) is 5.01 Å². The second kappa shape index (κ2) is 7.31. The van der Waals surface area contributed by atoms with Gasteiger partial charge < -0.3 is 9.80 Å². The lowest BCUT2D eigenvalue weighted by molar-refractivity contribution is -0.144. The van der Waals surface area contributed by atoms with Crippen molar-refractivity contribution < 1.29 is 9.59 Å². The van der Waals surface area contributed by atoms with Gasteiger partial charge in [0.15, 0.2) is 0 Å². The van der Waals surface area contributed by atoms with Gasteiger partial charge in [0.25, 0.3) is 0 Å². The molecule has 2 fully saturated rings. The van der Waals surface area contributed by atoms with Crippen LogP contribution in [0.2, 0.25) is 0 Å². The smallest absolute Gasteiger partial charge is 0.232 e. The van der Waals surface area contributed by atoms with Gasteiger partial charge in [-0.25, -0.2) is 4.98 Å². The van der Waals surface area contributed by atoms with E-state index in [2.05, 4.69) is 15.2 Å². The van der Waals surface area contributed by atoms with E-state index in [1.807, 2.05) is 42.0 Å². The monoisotopic (exact) mass is 401 g/mol. The van der Waals surface area contributed by atoms with Gasteiger partial charge in [0, 0.05) is 61.2 Å². The van der Waals surface area contributed by atoms with E-state index in [9.17, 15) is 9.59 Å². The summed E-state index contributed by atoms with van der Waals surface area (Å²) in [5.41, 5.74) is 3.01. The van der Waals surface area contributed by atoms with Crippen molar-refractivity contribution in [3.63, 3.8) is 0 Å². The number of aryl methyl sites for hydroxylation is 3. The topological polar surface area (TPSA) is 82.2 Å². The van der Waals surface area contributed by atoms with E-state index in [0.717, 1.165) is 54.7 Å². The fourth-order valence-corrected chi connectivity index (χ4v) is 5.12. The standard InChI is InChI=1S/C20H27N5O2S/c1-13-8-16(23-22-13)4-5-17(26)24-7-6-20(10-24)11-25(12-20)19(27)15(3)18-21-14(2)9-28-18/h8-9,15H,4-7,10-12H2,1-3H3,(H,22,23). The van der Waals surface area contributed by atoms with Gasteiger partial charge in [-0.2, -0.15) is 5.10 Å². The first-order valence-electron chi connectivity index (χ1n) is 9.85. The van der Waals surface area contributed by atoms with Gasteiger partial charge in [-0.1, -0.05) is 0 Å². The van der Waals surface area contributed by atoms with E-state index in [0.29, 0.717) is 12.8 Å². The maximum absolute atomic E-state index is 12.8. The number of aromatic amines is 1. The van der Waals surface area contributed by atoms with Crippen molar-refractivity contribution in [2.24, 2.45) is 5.41 Å². The van der Waals surface area contributed by atoms with Crippen molar-refractivity contribution in [2.45, 2.75) is 46.0 Å². The van der Waals surface area contributed by atoms with Crippen LogP contribution in [0.25, 0.3) is 0 Å². The van der Waals surface area contributed by atoms with Gasteiger partial charge in [0.2, 0.25) is 11.8 Å². The number of nitrogens with one attached hydrogen (secondary N) is 1. The molecule has 150 valence electrons. The van der Waals surface area contributed by atoms with Crippen LogP contribution in [0.5, 0.6) is 0 Å². The quantitative estimate of drug-likeness (QED) is 0.833. The zero-order valence-corrected chi connectivity index (χ0v) is 17.5. The molecule has 1 N–H and O–H groups in total. The van der Waals surface area contributed by atoms with Crippen LogP contribution in [-0.4, -0.2) is 63.0 Å². The Bertz CT molecular complexity index is 883. The molecule has 2 aromatic heterocycles. The van der Waals surface area contributed by atoms with E-state index in [4.69, 9.17) is 0 Å². The molecule has 0 bridgehead atoms. The Kier molecular flexibility index (Phi) is 4.99. The van der Waals surface area contributed by atoms with Gasteiger partial charge in [-0.15, -0.1) is 11.3 Å². The predicted octanol–water partition coefficient (Wildman–Crippen LogP) is 2.28. The molecule has 7 nitrogen and oxygen atoms in total. The molecule has 2 aromatic rings. The van der Waals surface area contributed by atoms with Crippen molar-refractivity contribution in [3.8, 4) is 0 Å². The number of likely N-dealkylation sites (tertiary alicyclic amines) is 2. The van der Waals surface area contributed by atoms with Crippen LogP contribution in [0.3, 0.4) is 0 Å². The first-order valence-corrected chi connectivity index (χ1v) is 10.7. The molecule has 0 radical (unpaired) electrons. The number of nitrogens with zero attached hydrogens (tertiary/aromatic N) is 4. The van der Waals surface area contributed by atoms with Crippen LogP contribution in [0.15, 0.2) is 11.4 Å². The third-order valence-corrected chi connectivity index (χ3v) is 7.03. The third kappa shape index (κ3) is 3.70. The zero-order valence-electron chi connectivity index (χ0n) is 16.7. The van der Waals surface area contributed by atoms with Crippen molar-refractivity contribution in [1.29, 1.82) is 0 Å². The Balaban J connectivity index is 1.26. The molecule has 0 aliphatic carbocycles. The van der Waals surface area contributed by atoms with E-state index >= 15 is 0 Å². The minimum absolute atomic E-state index is 0.0900. The molecule has 0 saturated carbocycles. The highest BCUT2D eigenvalue weighted by atomic mass is 32.1. The van der Waals surface area contributed by atoms with Gasteiger partial charge in [0.05, 0.1) is 11.6 Å². The number of hydrogen-bond acceptors (Lipinski definition) is 5. The van der Waals surface area contributed by atoms with Crippen LogP contribution < -0.4 is 0 Å². The van der Waals surface area contributed by atoms with Crippen molar-refractivity contribution in [3.05, 3.63) is 33.5 Å². The third-order valence-electron chi connectivity index (χ3n) is 5.89. The number of rotatable bonds is 5. The average Bonchev–Trinajstić information content (AvgIpc) is 3.36. The molecule has 2 aliphatic rings. The summed E-state index contributed by atoms with van der Waals surface area (Å²) in [6.45, 7) is 8.91. The fraction of sp³-hybridized carbons (Fsp3) is 0.600. The molecule has 8 heteroatoms.